The van der Waals surface area contributed by atoms with Crippen LogP contribution in [0.2, 0.25) is 0 Å². The maximum Gasteiger partial charge on any atom is 0.237 e. The summed E-state index contributed by atoms with van der Waals surface area (Å²) < 4.78 is 0. The number of aliphatic hydroxyl groups excluding tert-OH is 1. The summed E-state index contributed by atoms with van der Waals surface area (Å²) >= 11 is 0. The van der Waals surface area contributed by atoms with Crippen LogP contribution < -0.4 is 5.32 Å². The van der Waals surface area contributed by atoms with Gasteiger partial charge in [0.2, 0.25) is 5.91 Å². The third-order valence-electron chi connectivity index (χ3n) is 7.30. The molecule has 28 heavy (non-hydrogen) atoms. The predicted octanol–water partition coefficient (Wildman–Crippen LogP) is 3.83. The van der Waals surface area contributed by atoms with E-state index in [0.29, 0.717) is 18.4 Å². The van der Waals surface area contributed by atoms with Crippen LogP contribution >= 0.6 is 0 Å². The second kappa shape index (κ2) is 9.41. The molecule has 2 fully saturated rings. The van der Waals surface area contributed by atoms with E-state index in [1.54, 1.807) is 0 Å². The van der Waals surface area contributed by atoms with E-state index < -0.39 is 0 Å². The SMILES string of the molecule is O=C(CNCC1CCCC[C@@H]1O)N1CCc2ccccc2C1C1CCCCC1. The minimum absolute atomic E-state index is 0.201. The van der Waals surface area contributed by atoms with Crippen molar-refractivity contribution in [1.82, 2.24) is 10.2 Å². The molecular formula is C24H36N2O2. The summed E-state index contributed by atoms with van der Waals surface area (Å²) in [6.45, 7) is 1.99. The Hall–Kier alpha value is -1.39. The standard InChI is InChI=1S/C24H36N2O2/c27-22-13-7-5-11-20(22)16-25-17-23(28)26-15-14-18-8-4-6-12-21(18)24(26)19-9-2-1-3-10-19/h4,6,8,12,19-20,22,24-25,27H,1-3,5,7,9-11,13-17H2/t20?,22-,24?/m0/s1. The van der Waals surface area contributed by atoms with Crippen molar-refractivity contribution >= 4 is 5.91 Å². The maximum atomic E-state index is 13.2. The molecule has 3 aliphatic rings. The predicted molar refractivity (Wildman–Crippen MR) is 112 cm³/mol. The Morgan fingerprint density at radius 3 is 2.61 bits per heavy atom. The van der Waals surface area contributed by atoms with Crippen LogP contribution in [0.25, 0.3) is 0 Å². The first-order valence-electron chi connectivity index (χ1n) is 11.5. The highest BCUT2D eigenvalue weighted by molar-refractivity contribution is 5.79. The molecule has 4 heteroatoms. The van der Waals surface area contributed by atoms with E-state index in [1.807, 2.05) is 0 Å². The number of benzene rings is 1. The van der Waals surface area contributed by atoms with E-state index >= 15 is 0 Å². The lowest BCUT2D eigenvalue weighted by atomic mass is 9.77. The van der Waals surface area contributed by atoms with Crippen LogP contribution in [0.1, 0.15) is 75.0 Å². The van der Waals surface area contributed by atoms with Crippen molar-refractivity contribution in [3.05, 3.63) is 35.4 Å². The third-order valence-corrected chi connectivity index (χ3v) is 7.30. The number of aliphatic hydroxyl groups is 1. The molecule has 4 nitrogen and oxygen atoms in total. The first-order chi connectivity index (χ1) is 13.7. The zero-order valence-corrected chi connectivity index (χ0v) is 17.1. The largest absolute Gasteiger partial charge is 0.393 e. The third kappa shape index (κ3) is 4.44. The monoisotopic (exact) mass is 384 g/mol. The van der Waals surface area contributed by atoms with Crippen LogP contribution in [0.4, 0.5) is 0 Å². The number of amides is 1. The van der Waals surface area contributed by atoms with Crippen LogP contribution in [0.15, 0.2) is 24.3 Å². The van der Waals surface area contributed by atoms with Gasteiger partial charge in [0.25, 0.3) is 0 Å². The van der Waals surface area contributed by atoms with Gasteiger partial charge < -0.3 is 15.3 Å². The second-order valence-corrected chi connectivity index (χ2v) is 9.12. The molecule has 0 radical (unpaired) electrons. The number of hydrogen-bond donors (Lipinski definition) is 2. The highest BCUT2D eigenvalue weighted by atomic mass is 16.3. The number of nitrogens with one attached hydrogen (secondary N) is 1. The lowest BCUT2D eigenvalue weighted by molar-refractivity contribution is -0.135. The van der Waals surface area contributed by atoms with Crippen molar-refractivity contribution in [1.29, 1.82) is 0 Å². The molecule has 0 spiro atoms. The minimum atomic E-state index is -0.201. The van der Waals surface area contributed by atoms with Gasteiger partial charge in [-0.15, -0.1) is 0 Å². The molecule has 1 heterocycles. The summed E-state index contributed by atoms with van der Waals surface area (Å²) in [7, 11) is 0. The Labute approximate surface area is 169 Å². The summed E-state index contributed by atoms with van der Waals surface area (Å²) in [6, 6.07) is 9.01. The highest BCUT2D eigenvalue weighted by Gasteiger charge is 2.36. The van der Waals surface area contributed by atoms with E-state index in [0.717, 1.165) is 38.8 Å². The topological polar surface area (TPSA) is 52.6 Å². The van der Waals surface area contributed by atoms with Gasteiger partial charge in [0, 0.05) is 13.1 Å². The quantitative estimate of drug-likeness (QED) is 0.811. The van der Waals surface area contributed by atoms with E-state index in [1.165, 1.54) is 49.7 Å². The van der Waals surface area contributed by atoms with Crippen LogP contribution in [-0.4, -0.2) is 41.7 Å². The number of rotatable bonds is 5. The lowest BCUT2D eigenvalue weighted by Gasteiger charge is -2.43. The summed E-state index contributed by atoms with van der Waals surface area (Å²) in [4.78, 5) is 15.4. The Balaban J connectivity index is 1.42. The number of nitrogens with zero attached hydrogens (tertiary/aromatic N) is 1. The number of carbonyl (C=O) groups excluding carboxylic acids is 1. The molecule has 154 valence electrons. The number of carbonyl (C=O) groups is 1. The molecule has 2 aliphatic carbocycles. The Morgan fingerprint density at radius 1 is 1.04 bits per heavy atom. The Morgan fingerprint density at radius 2 is 1.79 bits per heavy atom. The van der Waals surface area contributed by atoms with E-state index in [2.05, 4.69) is 34.5 Å². The first-order valence-corrected chi connectivity index (χ1v) is 11.5. The van der Waals surface area contributed by atoms with E-state index in [9.17, 15) is 9.90 Å². The van der Waals surface area contributed by atoms with Gasteiger partial charge in [-0.3, -0.25) is 4.79 Å². The maximum absolute atomic E-state index is 13.2. The summed E-state index contributed by atoms with van der Waals surface area (Å²) in [5.41, 5.74) is 2.82. The number of hydrogen-bond acceptors (Lipinski definition) is 3. The van der Waals surface area contributed by atoms with Gasteiger partial charge in [-0.1, -0.05) is 56.4 Å². The molecular weight excluding hydrogens is 348 g/mol. The van der Waals surface area contributed by atoms with Crippen LogP contribution in [0, 0.1) is 11.8 Å². The summed E-state index contributed by atoms with van der Waals surface area (Å²) in [5, 5.41) is 13.5. The zero-order chi connectivity index (χ0) is 19.3. The first kappa shape index (κ1) is 19.9. The molecule has 3 atom stereocenters. The fourth-order valence-electron chi connectivity index (χ4n) is 5.73. The lowest BCUT2D eigenvalue weighted by Crippen LogP contribution is -2.47. The van der Waals surface area contributed by atoms with Crippen molar-refractivity contribution in [3.8, 4) is 0 Å². The van der Waals surface area contributed by atoms with Gasteiger partial charge in [-0.2, -0.15) is 0 Å². The van der Waals surface area contributed by atoms with E-state index in [-0.39, 0.29) is 18.1 Å². The Kier molecular flexibility index (Phi) is 6.69. The van der Waals surface area contributed by atoms with Crippen molar-refractivity contribution in [2.75, 3.05) is 19.6 Å². The molecule has 1 aromatic carbocycles. The molecule has 2 unspecified atom stereocenters. The molecule has 0 aromatic heterocycles. The fraction of sp³-hybridized carbons (Fsp3) is 0.708. The van der Waals surface area contributed by atoms with Crippen LogP contribution in [0.5, 0.6) is 0 Å². The number of fused-ring (bicyclic) bond motifs is 1. The van der Waals surface area contributed by atoms with Crippen molar-refractivity contribution in [3.63, 3.8) is 0 Å². The summed E-state index contributed by atoms with van der Waals surface area (Å²) in [5.74, 6) is 1.13. The van der Waals surface area contributed by atoms with Crippen molar-refractivity contribution in [2.45, 2.75) is 76.4 Å². The van der Waals surface area contributed by atoms with Gasteiger partial charge in [0.15, 0.2) is 0 Å². The molecule has 4 rings (SSSR count). The van der Waals surface area contributed by atoms with Crippen molar-refractivity contribution in [2.24, 2.45) is 11.8 Å². The minimum Gasteiger partial charge on any atom is -0.393 e. The molecule has 2 saturated carbocycles. The van der Waals surface area contributed by atoms with Gasteiger partial charge in [-0.05, 0) is 55.1 Å². The zero-order valence-electron chi connectivity index (χ0n) is 17.1. The smallest absolute Gasteiger partial charge is 0.237 e. The molecule has 1 aliphatic heterocycles. The average molecular weight is 385 g/mol. The fourth-order valence-corrected chi connectivity index (χ4v) is 5.73. The Bertz CT molecular complexity index is 656. The highest BCUT2D eigenvalue weighted by Crippen LogP contribution is 2.41. The van der Waals surface area contributed by atoms with Gasteiger partial charge in [0.1, 0.15) is 0 Å². The van der Waals surface area contributed by atoms with Crippen molar-refractivity contribution < 1.29 is 9.90 Å². The van der Waals surface area contributed by atoms with Gasteiger partial charge in [-0.25, -0.2) is 0 Å². The summed E-state index contributed by atoms with van der Waals surface area (Å²) in [6.07, 6.45) is 11.5. The van der Waals surface area contributed by atoms with Crippen LogP contribution in [0.3, 0.4) is 0 Å². The molecule has 2 N–H and O–H groups in total. The molecule has 1 amide bonds. The average Bonchev–Trinajstić information content (AvgIpc) is 2.75. The van der Waals surface area contributed by atoms with Crippen LogP contribution in [-0.2, 0) is 11.2 Å². The molecule has 0 saturated heterocycles. The second-order valence-electron chi connectivity index (χ2n) is 9.12. The van der Waals surface area contributed by atoms with Gasteiger partial charge in [0.05, 0.1) is 18.7 Å². The molecule has 0 bridgehead atoms. The molecule has 1 aromatic rings. The normalized spacial score (nSPS) is 28.8. The van der Waals surface area contributed by atoms with E-state index in [4.69, 9.17) is 0 Å². The van der Waals surface area contributed by atoms with Gasteiger partial charge >= 0.3 is 0 Å².